The van der Waals surface area contributed by atoms with Gasteiger partial charge in [-0.25, -0.2) is 8.42 Å². The number of benzene rings is 3. The summed E-state index contributed by atoms with van der Waals surface area (Å²) in [5.41, 5.74) is 1.50. The average Bonchev–Trinajstić information content (AvgIpc) is 3.02. The molecule has 0 bridgehead atoms. The molecule has 0 radical (unpaired) electrons. The number of piperidine rings is 1. The van der Waals surface area contributed by atoms with E-state index in [0.29, 0.717) is 36.6 Å². The van der Waals surface area contributed by atoms with Crippen molar-refractivity contribution in [1.29, 1.82) is 0 Å². The van der Waals surface area contributed by atoms with Crippen molar-refractivity contribution in [1.82, 2.24) is 9.62 Å². The molecule has 2 atom stereocenters. The quantitative estimate of drug-likeness (QED) is 0.436. The standard InChI is InChI=1S/C30H33N3O7S/c1-38-23-14-15-26(39-2)28(17-23)41(36,37)32-16-8-11-22(19-32)30(35)33-20-27(40-25-13-7-6-12-24(25)33)29(34)31-18-21-9-4-3-5-10-21/h3-7,9-10,12-15,17,22,27H,8,11,16,18-20H2,1-2H3,(H,31,34). The maximum absolute atomic E-state index is 14.0. The number of carbonyl (C=O) groups is 2. The van der Waals surface area contributed by atoms with E-state index in [0.717, 1.165) is 5.56 Å². The number of carbonyl (C=O) groups excluding carboxylic acids is 2. The van der Waals surface area contributed by atoms with Crippen LogP contribution in [-0.2, 0) is 26.2 Å². The molecular formula is C30H33N3O7S. The zero-order chi connectivity index (χ0) is 29.0. The third-order valence-electron chi connectivity index (χ3n) is 7.36. The van der Waals surface area contributed by atoms with E-state index in [1.54, 1.807) is 41.3 Å². The largest absolute Gasteiger partial charge is 0.497 e. The lowest BCUT2D eigenvalue weighted by Crippen LogP contribution is -2.53. The van der Waals surface area contributed by atoms with Crippen LogP contribution in [0.15, 0.2) is 77.7 Å². The Kier molecular flexibility index (Phi) is 8.46. The van der Waals surface area contributed by atoms with Gasteiger partial charge in [0.05, 0.1) is 32.4 Å². The minimum atomic E-state index is -3.98. The molecule has 5 rings (SSSR count). The molecule has 3 aromatic rings. The second kappa shape index (κ2) is 12.2. The van der Waals surface area contributed by atoms with Crippen LogP contribution in [0.25, 0.3) is 0 Å². The van der Waals surface area contributed by atoms with Crippen LogP contribution in [0.5, 0.6) is 17.2 Å². The lowest BCUT2D eigenvalue weighted by atomic mass is 9.97. The van der Waals surface area contributed by atoms with Crippen molar-refractivity contribution in [3.8, 4) is 17.2 Å². The zero-order valence-electron chi connectivity index (χ0n) is 23.0. The molecule has 0 spiro atoms. The van der Waals surface area contributed by atoms with Gasteiger partial charge in [-0.1, -0.05) is 42.5 Å². The van der Waals surface area contributed by atoms with Gasteiger partial charge in [0.25, 0.3) is 5.91 Å². The number of nitrogens with one attached hydrogen (secondary N) is 1. The summed E-state index contributed by atoms with van der Waals surface area (Å²) >= 11 is 0. The van der Waals surface area contributed by atoms with Gasteiger partial charge in [0.1, 0.15) is 22.1 Å². The van der Waals surface area contributed by atoms with Gasteiger partial charge in [-0.05, 0) is 42.7 Å². The fourth-order valence-electron chi connectivity index (χ4n) is 5.19. The molecule has 11 heteroatoms. The summed E-state index contributed by atoms with van der Waals surface area (Å²) in [4.78, 5) is 28.6. The molecule has 0 aliphatic carbocycles. The minimum absolute atomic E-state index is 0.00588. The van der Waals surface area contributed by atoms with E-state index in [4.69, 9.17) is 14.2 Å². The summed E-state index contributed by atoms with van der Waals surface area (Å²) < 4.78 is 45.3. The van der Waals surface area contributed by atoms with Gasteiger partial charge in [0.2, 0.25) is 15.9 Å². The van der Waals surface area contributed by atoms with Crippen molar-refractivity contribution < 1.29 is 32.2 Å². The van der Waals surface area contributed by atoms with Crippen molar-refractivity contribution in [3.05, 3.63) is 78.4 Å². The van der Waals surface area contributed by atoms with E-state index in [1.165, 1.54) is 24.6 Å². The number of anilines is 1. The summed E-state index contributed by atoms with van der Waals surface area (Å²) in [6.45, 7) is 0.629. The highest BCUT2D eigenvalue weighted by Crippen LogP contribution is 2.37. The number of nitrogens with zero attached hydrogens (tertiary/aromatic N) is 2. The SMILES string of the molecule is COc1ccc(OC)c(S(=O)(=O)N2CCCC(C(=O)N3CC(C(=O)NCc4ccccc4)Oc4ccccc43)C2)c1. The Hall–Kier alpha value is -4.09. The number of amides is 2. The first-order valence-electron chi connectivity index (χ1n) is 13.4. The van der Waals surface area contributed by atoms with Crippen molar-refractivity contribution >= 4 is 27.5 Å². The molecule has 1 N–H and O–H groups in total. The summed E-state index contributed by atoms with van der Waals surface area (Å²) in [6.07, 6.45) is 0.112. The Morgan fingerprint density at radius 1 is 0.976 bits per heavy atom. The topological polar surface area (TPSA) is 114 Å². The number of ether oxygens (including phenoxy) is 3. The molecule has 2 aliphatic heterocycles. The van der Waals surface area contributed by atoms with Crippen LogP contribution in [0.4, 0.5) is 5.69 Å². The van der Waals surface area contributed by atoms with Gasteiger partial charge < -0.3 is 24.4 Å². The van der Waals surface area contributed by atoms with Crippen molar-refractivity contribution in [3.63, 3.8) is 0 Å². The van der Waals surface area contributed by atoms with Crippen LogP contribution in [0.1, 0.15) is 18.4 Å². The molecule has 0 aromatic heterocycles. The molecule has 2 unspecified atom stereocenters. The predicted molar refractivity (Wildman–Crippen MR) is 153 cm³/mol. The van der Waals surface area contributed by atoms with Gasteiger partial charge in [-0.15, -0.1) is 0 Å². The smallest absolute Gasteiger partial charge is 0.263 e. The lowest BCUT2D eigenvalue weighted by Gasteiger charge is -2.38. The highest BCUT2D eigenvalue weighted by atomic mass is 32.2. The van der Waals surface area contributed by atoms with Gasteiger partial charge >= 0.3 is 0 Å². The third-order valence-corrected chi connectivity index (χ3v) is 9.25. The van der Waals surface area contributed by atoms with E-state index in [2.05, 4.69) is 5.32 Å². The predicted octanol–water partition coefficient (Wildman–Crippen LogP) is 3.22. The zero-order valence-corrected chi connectivity index (χ0v) is 23.8. The molecule has 1 saturated heterocycles. The highest BCUT2D eigenvalue weighted by Gasteiger charge is 2.40. The van der Waals surface area contributed by atoms with E-state index >= 15 is 0 Å². The summed E-state index contributed by atoms with van der Waals surface area (Å²) in [6, 6.07) is 21.2. The minimum Gasteiger partial charge on any atom is -0.497 e. The number of fused-ring (bicyclic) bond motifs is 1. The van der Waals surface area contributed by atoms with Crippen molar-refractivity contribution in [2.45, 2.75) is 30.4 Å². The number of methoxy groups -OCH3 is 2. The monoisotopic (exact) mass is 579 g/mol. The van der Waals surface area contributed by atoms with Crippen LogP contribution >= 0.6 is 0 Å². The maximum Gasteiger partial charge on any atom is 0.263 e. The molecule has 0 saturated carbocycles. The number of sulfonamides is 1. The van der Waals surface area contributed by atoms with Gasteiger partial charge in [-0.3, -0.25) is 9.59 Å². The second-order valence-electron chi connectivity index (χ2n) is 9.95. The number of hydrogen-bond acceptors (Lipinski definition) is 7. The molecule has 216 valence electrons. The lowest BCUT2D eigenvalue weighted by molar-refractivity contribution is -0.129. The fourth-order valence-corrected chi connectivity index (χ4v) is 6.88. The molecule has 2 amide bonds. The van der Waals surface area contributed by atoms with E-state index in [9.17, 15) is 18.0 Å². The van der Waals surface area contributed by atoms with Gasteiger partial charge in [0, 0.05) is 25.7 Å². The molecule has 41 heavy (non-hydrogen) atoms. The van der Waals surface area contributed by atoms with Crippen molar-refractivity contribution in [2.75, 3.05) is 38.8 Å². The van der Waals surface area contributed by atoms with Crippen LogP contribution in [0, 0.1) is 5.92 Å². The number of para-hydroxylation sites is 2. The Morgan fingerprint density at radius 2 is 1.73 bits per heavy atom. The summed E-state index contributed by atoms with van der Waals surface area (Å²) in [7, 11) is -1.11. The molecular weight excluding hydrogens is 546 g/mol. The Balaban J connectivity index is 1.35. The Labute approximate surface area is 239 Å². The maximum atomic E-state index is 14.0. The number of rotatable bonds is 8. The first-order valence-corrected chi connectivity index (χ1v) is 14.9. The van der Waals surface area contributed by atoms with Crippen LogP contribution < -0.4 is 24.4 Å². The van der Waals surface area contributed by atoms with Crippen LogP contribution in [-0.4, -0.2) is 64.5 Å². The summed E-state index contributed by atoms with van der Waals surface area (Å²) in [5.74, 6) is -0.179. The molecule has 3 aromatic carbocycles. The van der Waals surface area contributed by atoms with Crippen molar-refractivity contribution in [2.24, 2.45) is 5.92 Å². The molecule has 2 heterocycles. The van der Waals surface area contributed by atoms with Crippen LogP contribution in [0.3, 0.4) is 0 Å². The van der Waals surface area contributed by atoms with E-state index in [1.807, 2.05) is 30.3 Å². The second-order valence-corrected chi connectivity index (χ2v) is 11.9. The first kappa shape index (κ1) is 28.4. The van der Waals surface area contributed by atoms with E-state index in [-0.39, 0.29) is 42.1 Å². The summed E-state index contributed by atoms with van der Waals surface area (Å²) in [5, 5.41) is 2.89. The van der Waals surface area contributed by atoms with E-state index < -0.39 is 22.0 Å². The van der Waals surface area contributed by atoms with Gasteiger partial charge in [0.15, 0.2) is 6.10 Å². The molecule has 2 aliphatic rings. The van der Waals surface area contributed by atoms with Crippen LogP contribution in [0.2, 0.25) is 0 Å². The molecule has 1 fully saturated rings. The third kappa shape index (κ3) is 6.01. The fraction of sp³-hybridized carbons (Fsp3) is 0.333. The average molecular weight is 580 g/mol. The first-order chi connectivity index (χ1) is 19.8. The normalized spacial score (nSPS) is 19.0. The highest BCUT2D eigenvalue weighted by molar-refractivity contribution is 7.89. The Morgan fingerprint density at radius 3 is 2.49 bits per heavy atom. The Bertz CT molecular complexity index is 1510. The van der Waals surface area contributed by atoms with Gasteiger partial charge in [-0.2, -0.15) is 4.31 Å². The number of hydrogen-bond donors (Lipinski definition) is 1. The molecule has 10 nitrogen and oxygen atoms in total.